The van der Waals surface area contributed by atoms with Gasteiger partial charge in [0.05, 0.1) is 30.3 Å². The van der Waals surface area contributed by atoms with Crippen molar-refractivity contribution in [3.8, 4) is 17.6 Å². The van der Waals surface area contributed by atoms with Crippen molar-refractivity contribution in [2.75, 3.05) is 13.7 Å². The summed E-state index contributed by atoms with van der Waals surface area (Å²) in [4.78, 5) is 4.67. The minimum atomic E-state index is 0.514. The van der Waals surface area contributed by atoms with Crippen LogP contribution < -0.4 is 9.47 Å². The van der Waals surface area contributed by atoms with E-state index in [0.29, 0.717) is 29.5 Å². The first kappa shape index (κ1) is 18.5. The molecule has 0 aliphatic carbocycles. The van der Waals surface area contributed by atoms with Crippen LogP contribution in [0.15, 0.2) is 42.5 Å². The predicted octanol–water partition coefficient (Wildman–Crippen LogP) is 4.92. The summed E-state index contributed by atoms with van der Waals surface area (Å²) in [7, 11) is 1.62. The standard InChI is InChI=1S/C22H23N3O2/c1-4-12-27-21-14-16(10-11-20(21)26-3)13-17(15-23)22-24-18-8-6-7-9-19(18)25(22)5-2/h6-11,13-14H,4-5,12H2,1-3H3/b17-13-. The molecule has 0 spiro atoms. The molecule has 0 radical (unpaired) electrons. The van der Waals surface area contributed by atoms with Crippen molar-refractivity contribution in [1.29, 1.82) is 5.26 Å². The fourth-order valence-electron chi connectivity index (χ4n) is 3.02. The highest BCUT2D eigenvalue weighted by molar-refractivity contribution is 5.91. The lowest BCUT2D eigenvalue weighted by Gasteiger charge is -2.11. The van der Waals surface area contributed by atoms with Gasteiger partial charge in [-0.2, -0.15) is 5.26 Å². The summed E-state index contributed by atoms with van der Waals surface area (Å²) in [6.45, 7) is 5.46. The minimum Gasteiger partial charge on any atom is -0.493 e. The molecular weight excluding hydrogens is 338 g/mol. The summed E-state index contributed by atoms with van der Waals surface area (Å²) >= 11 is 0. The third-order valence-corrected chi connectivity index (χ3v) is 4.29. The van der Waals surface area contributed by atoms with Crippen LogP contribution in [0.25, 0.3) is 22.7 Å². The van der Waals surface area contributed by atoms with Crippen LogP contribution in [0, 0.1) is 11.3 Å². The van der Waals surface area contributed by atoms with Crippen LogP contribution in [-0.2, 0) is 6.54 Å². The number of aromatic nitrogens is 2. The maximum absolute atomic E-state index is 9.77. The number of methoxy groups -OCH3 is 1. The van der Waals surface area contributed by atoms with Crippen LogP contribution in [0.2, 0.25) is 0 Å². The Bertz CT molecular complexity index is 1010. The number of nitrogens with zero attached hydrogens (tertiary/aromatic N) is 3. The molecule has 0 saturated heterocycles. The number of fused-ring (bicyclic) bond motifs is 1. The van der Waals surface area contributed by atoms with E-state index in [2.05, 4.69) is 29.5 Å². The Morgan fingerprint density at radius 1 is 1.19 bits per heavy atom. The summed E-state index contributed by atoms with van der Waals surface area (Å²) < 4.78 is 13.2. The average Bonchev–Trinajstić information content (AvgIpc) is 3.08. The molecule has 0 fully saturated rings. The molecule has 5 heteroatoms. The van der Waals surface area contributed by atoms with E-state index in [4.69, 9.17) is 9.47 Å². The summed E-state index contributed by atoms with van der Waals surface area (Å²) in [5.74, 6) is 2.03. The number of allylic oxidation sites excluding steroid dienone is 1. The number of hydrogen-bond donors (Lipinski definition) is 0. The molecule has 138 valence electrons. The third-order valence-electron chi connectivity index (χ3n) is 4.29. The number of aryl methyl sites for hydroxylation is 1. The van der Waals surface area contributed by atoms with E-state index in [1.54, 1.807) is 7.11 Å². The third kappa shape index (κ3) is 3.80. The van der Waals surface area contributed by atoms with Crippen LogP contribution >= 0.6 is 0 Å². The molecule has 0 bridgehead atoms. The first-order chi connectivity index (χ1) is 13.2. The van der Waals surface area contributed by atoms with Crippen molar-refractivity contribution in [1.82, 2.24) is 9.55 Å². The van der Waals surface area contributed by atoms with Gasteiger partial charge in [-0.05, 0) is 49.2 Å². The summed E-state index contributed by atoms with van der Waals surface area (Å²) in [5.41, 5.74) is 3.29. The number of para-hydroxylation sites is 2. The van der Waals surface area contributed by atoms with Crippen LogP contribution in [0.3, 0.4) is 0 Å². The van der Waals surface area contributed by atoms with Crippen LogP contribution in [0.1, 0.15) is 31.7 Å². The van der Waals surface area contributed by atoms with E-state index in [1.807, 2.05) is 48.5 Å². The maximum atomic E-state index is 9.77. The Morgan fingerprint density at radius 2 is 2.00 bits per heavy atom. The van der Waals surface area contributed by atoms with E-state index in [1.165, 1.54) is 0 Å². The highest BCUT2D eigenvalue weighted by atomic mass is 16.5. The summed E-state index contributed by atoms with van der Waals surface area (Å²) in [5, 5.41) is 9.77. The van der Waals surface area contributed by atoms with Crippen molar-refractivity contribution in [2.24, 2.45) is 0 Å². The maximum Gasteiger partial charge on any atom is 0.161 e. The molecule has 0 unspecified atom stereocenters. The predicted molar refractivity (Wildman–Crippen MR) is 108 cm³/mol. The fourth-order valence-corrected chi connectivity index (χ4v) is 3.02. The second-order valence-corrected chi connectivity index (χ2v) is 6.10. The second-order valence-electron chi connectivity index (χ2n) is 6.10. The molecule has 0 saturated carbocycles. The van der Waals surface area contributed by atoms with Crippen molar-refractivity contribution < 1.29 is 9.47 Å². The highest BCUT2D eigenvalue weighted by Gasteiger charge is 2.14. The number of nitriles is 1. The van der Waals surface area contributed by atoms with Gasteiger partial charge in [0.2, 0.25) is 0 Å². The zero-order valence-electron chi connectivity index (χ0n) is 15.9. The zero-order chi connectivity index (χ0) is 19.2. The molecule has 0 amide bonds. The minimum absolute atomic E-state index is 0.514. The lowest BCUT2D eigenvalue weighted by Crippen LogP contribution is -2.01. The van der Waals surface area contributed by atoms with Crippen molar-refractivity contribution in [3.05, 3.63) is 53.9 Å². The normalized spacial score (nSPS) is 11.4. The number of ether oxygens (including phenoxy) is 2. The first-order valence-electron chi connectivity index (χ1n) is 9.10. The fraction of sp³-hybridized carbons (Fsp3) is 0.273. The van der Waals surface area contributed by atoms with Gasteiger partial charge in [-0.15, -0.1) is 0 Å². The van der Waals surface area contributed by atoms with Crippen molar-refractivity contribution >= 4 is 22.7 Å². The van der Waals surface area contributed by atoms with Crippen LogP contribution in [0.4, 0.5) is 0 Å². The van der Waals surface area contributed by atoms with E-state index in [0.717, 1.165) is 29.6 Å². The molecule has 0 atom stereocenters. The van der Waals surface area contributed by atoms with E-state index >= 15 is 0 Å². The molecule has 5 nitrogen and oxygen atoms in total. The molecule has 27 heavy (non-hydrogen) atoms. The Balaban J connectivity index is 2.06. The first-order valence-corrected chi connectivity index (χ1v) is 9.10. The Morgan fingerprint density at radius 3 is 2.70 bits per heavy atom. The Hall–Kier alpha value is -3.26. The molecule has 1 aromatic heterocycles. The van der Waals surface area contributed by atoms with Gasteiger partial charge >= 0.3 is 0 Å². The topological polar surface area (TPSA) is 60.1 Å². The van der Waals surface area contributed by atoms with Gasteiger partial charge in [0.1, 0.15) is 6.07 Å². The van der Waals surface area contributed by atoms with Gasteiger partial charge in [0, 0.05) is 6.54 Å². The van der Waals surface area contributed by atoms with E-state index in [-0.39, 0.29) is 0 Å². The van der Waals surface area contributed by atoms with Crippen molar-refractivity contribution in [3.63, 3.8) is 0 Å². The zero-order valence-corrected chi connectivity index (χ0v) is 15.9. The monoisotopic (exact) mass is 361 g/mol. The van der Waals surface area contributed by atoms with Crippen LogP contribution in [-0.4, -0.2) is 23.3 Å². The van der Waals surface area contributed by atoms with Crippen molar-refractivity contribution in [2.45, 2.75) is 26.8 Å². The number of hydrogen-bond acceptors (Lipinski definition) is 4. The van der Waals surface area contributed by atoms with Crippen LogP contribution in [0.5, 0.6) is 11.5 Å². The molecule has 0 aliphatic rings. The second kappa shape index (κ2) is 8.41. The molecular formula is C22H23N3O2. The number of benzene rings is 2. The SMILES string of the molecule is CCCOc1cc(/C=C(/C#N)c2nc3ccccc3n2CC)ccc1OC. The summed E-state index contributed by atoms with van der Waals surface area (Å²) in [6.07, 6.45) is 2.75. The van der Waals surface area contributed by atoms with E-state index in [9.17, 15) is 5.26 Å². The largest absolute Gasteiger partial charge is 0.493 e. The molecule has 0 N–H and O–H groups in total. The van der Waals surface area contributed by atoms with Gasteiger partial charge in [-0.1, -0.05) is 25.1 Å². The number of imidazole rings is 1. The molecule has 1 heterocycles. The Kier molecular flexibility index (Phi) is 5.77. The molecule has 0 aliphatic heterocycles. The average molecular weight is 361 g/mol. The Labute approximate surface area is 159 Å². The smallest absolute Gasteiger partial charge is 0.161 e. The van der Waals surface area contributed by atoms with Gasteiger partial charge in [-0.3, -0.25) is 0 Å². The lowest BCUT2D eigenvalue weighted by molar-refractivity contribution is 0.294. The molecule has 3 aromatic rings. The lowest BCUT2D eigenvalue weighted by atomic mass is 10.1. The number of rotatable bonds is 7. The van der Waals surface area contributed by atoms with Gasteiger partial charge in [-0.25, -0.2) is 4.98 Å². The van der Waals surface area contributed by atoms with Gasteiger partial charge < -0.3 is 14.0 Å². The van der Waals surface area contributed by atoms with Gasteiger partial charge in [0.15, 0.2) is 17.3 Å². The quantitative estimate of drug-likeness (QED) is 0.561. The van der Waals surface area contributed by atoms with E-state index < -0.39 is 0 Å². The molecule has 2 aromatic carbocycles. The van der Waals surface area contributed by atoms with Gasteiger partial charge in [0.25, 0.3) is 0 Å². The highest BCUT2D eigenvalue weighted by Crippen LogP contribution is 2.30. The summed E-state index contributed by atoms with van der Waals surface area (Å²) in [6, 6.07) is 15.9. The molecule has 3 rings (SSSR count).